The van der Waals surface area contributed by atoms with E-state index in [9.17, 15) is 9.50 Å². The van der Waals surface area contributed by atoms with Crippen LogP contribution in [-0.4, -0.2) is 15.3 Å². The van der Waals surface area contributed by atoms with Gasteiger partial charge in [0, 0.05) is 16.8 Å². The maximum Gasteiger partial charge on any atom is 0.129 e. The molecule has 1 aliphatic carbocycles. The number of benzene rings is 3. The summed E-state index contributed by atoms with van der Waals surface area (Å²) < 4.78 is 22.3. The van der Waals surface area contributed by atoms with Crippen LogP contribution in [0.1, 0.15) is 55.3 Å². The van der Waals surface area contributed by atoms with Gasteiger partial charge in [-0.25, -0.2) is 4.39 Å². The highest BCUT2D eigenvalue weighted by molar-refractivity contribution is 5.90. The minimum Gasteiger partial charge on any atom is -0.488 e. The molecule has 0 aliphatic heterocycles. The number of fused-ring (bicyclic) bond motifs is 1. The Morgan fingerprint density at radius 1 is 1.00 bits per heavy atom. The van der Waals surface area contributed by atoms with Crippen LogP contribution in [0.15, 0.2) is 72.8 Å². The van der Waals surface area contributed by atoms with Gasteiger partial charge in [0.25, 0.3) is 0 Å². The molecule has 33 heavy (non-hydrogen) atoms. The number of nitrogens with zero attached hydrogens (tertiary/aromatic N) is 1. The predicted octanol–water partition coefficient (Wildman–Crippen LogP) is 7.07. The van der Waals surface area contributed by atoms with Gasteiger partial charge in [-0.05, 0) is 99.0 Å². The zero-order chi connectivity index (χ0) is 23.0. The molecular weight excluding hydrogens is 413 g/mol. The van der Waals surface area contributed by atoms with Crippen LogP contribution < -0.4 is 4.74 Å². The van der Waals surface area contributed by atoms with Gasteiger partial charge in [0.05, 0.1) is 11.1 Å². The predicted molar refractivity (Wildman–Crippen MR) is 131 cm³/mol. The number of aryl methyl sites for hydroxylation is 1. The van der Waals surface area contributed by atoms with Gasteiger partial charge in [0.1, 0.15) is 18.2 Å². The molecule has 0 spiro atoms. The minimum atomic E-state index is -0.593. The number of ether oxygens (including phenoxy) is 1. The fourth-order valence-corrected chi connectivity index (χ4v) is 5.00. The average molecular weight is 444 g/mol. The number of hydrogen-bond acceptors (Lipinski definition) is 2. The van der Waals surface area contributed by atoms with Crippen LogP contribution in [0.2, 0.25) is 0 Å². The zero-order valence-electron chi connectivity index (χ0n) is 19.2. The Balaban J connectivity index is 1.61. The molecule has 0 saturated heterocycles. The SMILES string of the molecule is Cc1cc(OCc2ccccc2)c2cc(C3CCC(C)(O)CC3)n(-c3ccc(F)cc3)c2c1. The van der Waals surface area contributed by atoms with Crippen LogP contribution in [0.3, 0.4) is 0 Å². The molecule has 170 valence electrons. The Kier molecular flexibility index (Phi) is 5.71. The monoisotopic (exact) mass is 443 g/mol. The fraction of sp³-hybridized carbons (Fsp3) is 0.310. The third kappa shape index (κ3) is 4.53. The van der Waals surface area contributed by atoms with E-state index >= 15 is 0 Å². The lowest BCUT2D eigenvalue weighted by Gasteiger charge is -2.33. The third-order valence-corrected chi connectivity index (χ3v) is 6.86. The van der Waals surface area contributed by atoms with Crippen LogP contribution in [0.5, 0.6) is 5.75 Å². The Morgan fingerprint density at radius 2 is 1.70 bits per heavy atom. The Hall–Kier alpha value is -3.11. The lowest BCUT2D eigenvalue weighted by molar-refractivity contribution is 0.0167. The molecule has 1 N–H and O–H groups in total. The molecular formula is C29H30FNO2. The lowest BCUT2D eigenvalue weighted by atomic mass is 9.78. The molecule has 1 aromatic heterocycles. The molecule has 0 atom stereocenters. The van der Waals surface area contributed by atoms with Gasteiger partial charge in [-0.15, -0.1) is 0 Å². The fourth-order valence-electron chi connectivity index (χ4n) is 5.00. The summed E-state index contributed by atoms with van der Waals surface area (Å²) in [6.07, 6.45) is 3.39. The largest absolute Gasteiger partial charge is 0.488 e. The van der Waals surface area contributed by atoms with Crippen molar-refractivity contribution in [2.75, 3.05) is 0 Å². The number of hydrogen-bond donors (Lipinski definition) is 1. The molecule has 0 radical (unpaired) electrons. The number of halogens is 1. The quantitative estimate of drug-likeness (QED) is 0.358. The zero-order valence-corrected chi connectivity index (χ0v) is 19.2. The van der Waals surface area contributed by atoms with Crippen molar-refractivity contribution in [2.45, 2.75) is 57.7 Å². The molecule has 1 fully saturated rings. The van der Waals surface area contributed by atoms with Crippen molar-refractivity contribution in [1.82, 2.24) is 4.57 Å². The van der Waals surface area contributed by atoms with Gasteiger partial charge in [-0.1, -0.05) is 30.3 Å². The highest BCUT2D eigenvalue weighted by Crippen LogP contribution is 2.42. The molecule has 1 heterocycles. The van der Waals surface area contributed by atoms with Gasteiger partial charge in [0.2, 0.25) is 0 Å². The number of rotatable bonds is 5. The summed E-state index contributed by atoms with van der Waals surface area (Å²) in [7, 11) is 0. The normalized spacial score (nSPS) is 20.8. The van der Waals surface area contributed by atoms with Gasteiger partial charge in [0.15, 0.2) is 0 Å². The number of aromatic nitrogens is 1. The Labute approximate surface area is 194 Å². The molecule has 0 unspecified atom stereocenters. The van der Waals surface area contributed by atoms with Crippen molar-refractivity contribution in [1.29, 1.82) is 0 Å². The summed E-state index contributed by atoms with van der Waals surface area (Å²) >= 11 is 0. The lowest BCUT2D eigenvalue weighted by Crippen LogP contribution is -2.30. The first-order chi connectivity index (χ1) is 15.9. The Morgan fingerprint density at radius 3 is 2.39 bits per heavy atom. The topological polar surface area (TPSA) is 34.4 Å². The van der Waals surface area contributed by atoms with Gasteiger partial charge in [-0.2, -0.15) is 0 Å². The van der Waals surface area contributed by atoms with Crippen molar-refractivity contribution >= 4 is 10.9 Å². The second kappa shape index (κ2) is 8.68. The first kappa shape index (κ1) is 21.7. The molecule has 1 saturated carbocycles. The second-order valence-electron chi connectivity index (χ2n) is 9.62. The van der Waals surface area contributed by atoms with E-state index < -0.39 is 5.60 Å². The van der Waals surface area contributed by atoms with Crippen LogP contribution in [0.25, 0.3) is 16.6 Å². The smallest absolute Gasteiger partial charge is 0.129 e. The van der Waals surface area contributed by atoms with Crippen molar-refractivity contribution in [2.24, 2.45) is 0 Å². The standard InChI is InChI=1S/C29H30FNO2/c1-20-16-27-25(28(17-20)33-19-21-6-4-3-5-7-21)18-26(22-12-14-29(2,32)15-13-22)31(27)24-10-8-23(30)9-11-24/h3-11,16-18,22,32H,12-15,19H2,1-2H3. The van der Waals surface area contributed by atoms with Crippen molar-refractivity contribution < 1.29 is 14.2 Å². The van der Waals surface area contributed by atoms with Crippen LogP contribution in [0.4, 0.5) is 4.39 Å². The molecule has 5 rings (SSSR count). The van der Waals surface area contributed by atoms with Crippen molar-refractivity contribution in [3.8, 4) is 11.4 Å². The first-order valence-corrected chi connectivity index (χ1v) is 11.7. The molecule has 0 bridgehead atoms. The summed E-state index contributed by atoms with van der Waals surface area (Å²) in [6.45, 7) is 4.51. The number of aliphatic hydroxyl groups is 1. The molecule has 3 aromatic carbocycles. The first-order valence-electron chi connectivity index (χ1n) is 11.7. The molecule has 3 nitrogen and oxygen atoms in total. The highest BCUT2D eigenvalue weighted by Gasteiger charge is 2.31. The van der Waals surface area contributed by atoms with E-state index in [2.05, 4.69) is 41.8 Å². The summed E-state index contributed by atoms with van der Waals surface area (Å²) in [5, 5.41) is 11.5. The van der Waals surface area contributed by atoms with Crippen LogP contribution in [-0.2, 0) is 6.61 Å². The van der Waals surface area contributed by atoms with E-state index in [1.165, 1.54) is 17.8 Å². The molecule has 0 amide bonds. The molecule has 1 aliphatic rings. The van der Waals surface area contributed by atoms with E-state index in [4.69, 9.17) is 4.74 Å². The van der Waals surface area contributed by atoms with Crippen LogP contribution >= 0.6 is 0 Å². The second-order valence-corrected chi connectivity index (χ2v) is 9.62. The van der Waals surface area contributed by atoms with Crippen LogP contribution in [0, 0.1) is 12.7 Å². The van der Waals surface area contributed by atoms with E-state index in [1.54, 1.807) is 0 Å². The Bertz CT molecular complexity index is 1250. The van der Waals surface area contributed by atoms with Gasteiger partial charge >= 0.3 is 0 Å². The third-order valence-electron chi connectivity index (χ3n) is 6.86. The van der Waals surface area contributed by atoms with E-state index in [0.717, 1.165) is 59.2 Å². The van der Waals surface area contributed by atoms with E-state index in [1.807, 2.05) is 37.3 Å². The average Bonchev–Trinajstić information content (AvgIpc) is 3.18. The molecule has 4 aromatic rings. The summed E-state index contributed by atoms with van der Waals surface area (Å²) in [5.41, 5.74) is 4.85. The van der Waals surface area contributed by atoms with Crippen molar-refractivity contribution in [3.63, 3.8) is 0 Å². The van der Waals surface area contributed by atoms with E-state index in [-0.39, 0.29) is 5.82 Å². The maximum absolute atomic E-state index is 13.7. The minimum absolute atomic E-state index is 0.242. The summed E-state index contributed by atoms with van der Waals surface area (Å²) in [4.78, 5) is 0. The van der Waals surface area contributed by atoms with Gasteiger partial charge in [-0.3, -0.25) is 0 Å². The summed E-state index contributed by atoms with van der Waals surface area (Å²) in [5.74, 6) is 0.942. The maximum atomic E-state index is 13.7. The summed E-state index contributed by atoms with van der Waals surface area (Å²) in [6, 6.07) is 23.4. The van der Waals surface area contributed by atoms with Gasteiger partial charge < -0.3 is 14.4 Å². The van der Waals surface area contributed by atoms with E-state index in [0.29, 0.717) is 12.5 Å². The highest BCUT2D eigenvalue weighted by atomic mass is 19.1. The molecule has 4 heteroatoms. The van der Waals surface area contributed by atoms with Crippen molar-refractivity contribution in [3.05, 3.63) is 95.4 Å².